The van der Waals surface area contributed by atoms with Gasteiger partial charge in [-0.1, -0.05) is 36.4 Å². The lowest BCUT2D eigenvalue weighted by atomic mass is 9.99. The van der Waals surface area contributed by atoms with Crippen LogP contribution in [0.25, 0.3) is 0 Å². The van der Waals surface area contributed by atoms with Crippen molar-refractivity contribution in [1.82, 2.24) is 4.90 Å². The molecule has 0 radical (unpaired) electrons. The fourth-order valence-corrected chi connectivity index (χ4v) is 3.67. The largest absolute Gasteiger partial charge is 0.334 e. The summed E-state index contributed by atoms with van der Waals surface area (Å²) < 4.78 is 0. The van der Waals surface area contributed by atoms with Crippen LogP contribution in [-0.4, -0.2) is 23.3 Å². The molecule has 0 bridgehead atoms. The van der Waals surface area contributed by atoms with Gasteiger partial charge in [-0.15, -0.1) is 0 Å². The first-order valence-electron chi connectivity index (χ1n) is 9.86. The molecule has 0 saturated carbocycles. The Morgan fingerprint density at radius 3 is 2.38 bits per heavy atom. The van der Waals surface area contributed by atoms with Gasteiger partial charge in [0.05, 0.1) is 0 Å². The van der Waals surface area contributed by atoms with Gasteiger partial charge in [-0.3, -0.25) is 9.59 Å². The summed E-state index contributed by atoms with van der Waals surface area (Å²) in [4.78, 5) is 27.6. The third-order valence-electron chi connectivity index (χ3n) is 5.55. The van der Waals surface area contributed by atoms with E-state index in [1.165, 1.54) is 16.7 Å². The van der Waals surface area contributed by atoms with E-state index in [-0.39, 0.29) is 11.8 Å². The molecule has 4 heteroatoms. The van der Waals surface area contributed by atoms with E-state index in [0.717, 1.165) is 17.7 Å². The number of anilines is 1. The molecule has 4 nitrogen and oxygen atoms in total. The van der Waals surface area contributed by atoms with Gasteiger partial charge >= 0.3 is 0 Å². The highest BCUT2D eigenvalue weighted by Crippen LogP contribution is 2.21. The van der Waals surface area contributed by atoms with E-state index >= 15 is 0 Å². The molecule has 2 amide bonds. The third kappa shape index (κ3) is 4.06. The maximum absolute atomic E-state index is 13.0. The van der Waals surface area contributed by atoms with Gasteiger partial charge in [0, 0.05) is 29.9 Å². The maximum Gasteiger partial charge on any atom is 0.255 e. The summed E-state index contributed by atoms with van der Waals surface area (Å²) >= 11 is 0. The predicted molar refractivity (Wildman–Crippen MR) is 115 cm³/mol. The van der Waals surface area contributed by atoms with E-state index in [9.17, 15) is 9.59 Å². The van der Waals surface area contributed by atoms with E-state index in [1.807, 2.05) is 49.1 Å². The van der Waals surface area contributed by atoms with Crippen molar-refractivity contribution in [3.05, 3.63) is 100 Å². The standard InChI is InChI=1S/C25H24N2O2/c1-17-10-11-23(14-18(17)2)26-24(28)20-8-5-9-21(15-20)25(29)27-13-12-19-6-3-4-7-22(19)16-27/h3-11,14-15H,12-13,16H2,1-2H3,(H,26,28). The monoisotopic (exact) mass is 384 g/mol. The van der Waals surface area contributed by atoms with Crippen molar-refractivity contribution in [1.29, 1.82) is 0 Å². The van der Waals surface area contributed by atoms with Crippen LogP contribution in [0.3, 0.4) is 0 Å². The zero-order valence-electron chi connectivity index (χ0n) is 16.7. The first-order valence-corrected chi connectivity index (χ1v) is 9.86. The molecule has 0 saturated heterocycles. The molecular formula is C25H24N2O2. The van der Waals surface area contributed by atoms with Gasteiger partial charge in [-0.25, -0.2) is 0 Å². The highest BCUT2D eigenvalue weighted by molar-refractivity contribution is 6.06. The topological polar surface area (TPSA) is 49.4 Å². The normalized spacial score (nSPS) is 13.0. The smallest absolute Gasteiger partial charge is 0.255 e. The van der Waals surface area contributed by atoms with Crippen LogP contribution in [0, 0.1) is 13.8 Å². The van der Waals surface area contributed by atoms with Crippen molar-refractivity contribution in [2.24, 2.45) is 0 Å². The van der Waals surface area contributed by atoms with Crippen molar-refractivity contribution in [3.8, 4) is 0 Å². The van der Waals surface area contributed by atoms with Gasteiger partial charge in [-0.2, -0.15) is 0 Å². The van der Waals surface area contributed by atoms with E-state index < -0.39 is 0 Å². The van der Waals surface area contributed by atoms with Gasteiger partial charge in [0.15, 0.2) is 0 Å². The number of nitrogens with zero attached hydrogens (tertiary/aromatic N) is 1. The lowest BCUT2D eigenvalue weighted by Crippen LogP contribution is -2.36. The molecule has 3 aromatic rings. The van der Waals surface area contributed by atoms with E-state index in [4.69, 9.17) is 0 Å². The molecule has 0 aromatic heterocycles. The fraction of sp³-hybridized carbons (Fsp3) is 0.200. The van der Waals surface area contributed by atoms with Gasteiger partial charge in [0.1, 0.15) is 0 Å². The van der Waals surface area contributed by atoms with Crippen LogP contribution >= 0.6 is 0 Å². The third-order valence-corrected chi connectivity index (χ3v) is 5.55. The molecule has 1 aliphatic heterocycles. The molecule has 4 rings (SSSR count). The summed E-state index contributed by atoms with van der Waals surface area (Å²) in [5.41, 5.74) is 6.57. The molecule has 0 fully saturated rings. The summed E-state index contributed by atoms with van der Waals surface area (Å²) in [5.74, 6) is -0.257. The van der Waals surface area contributed by atoms with Crippen molar-refractivity contribution in [2.45, 2.75) is 26.8 Å². The number of rotatable bonds is 3. The number of carbonyl (C=O) groups is 2. The van der Waals surface area contributed by atoms with Crippen molar-refractivity contribution in [2.75, 3.05) is 11.9 Å². The van der Waals surface area contributed by atoms with Gasteiger partial charge in [0.25, 0.3) is 11.8 Å². The minimum absolute atomic E-state index is 0.0414. The van der Waals surface area contributed by atoms with Crippen molar-refractivity contribution < 1.29 is 9.59 Å². The van der Waals surface area contributed by atoms with Crippen LogP contribution in [0.2, 0.25) is 0 Å². The number of nitrogens with one attached hydrogen (secondary N) is 1. The second-order valence-corrected chi connectivity index (χ2v) is 7.58. The zero-order valence-corrected chi connectivity index (χ0v) is 16.7. The van der Waals surface area contributed by atoms with Gasteiger partial charge in [-0.05, 0) is 72.9 Å². The number of benzene rings is 3. The molecular weight excluding hydrogens is 360 g/mol. The molecule has 1 heterocycles. The molecule has 3 aromatic carbocycles. The first kappa shape index (κ1) is 18.9. The van der Waals surface area contributed by atoms with Crippen LogP contribution in [0.15, 0.2) is 66.7 Å². The molecule has 0 unspecified atom stereocenters. The van der Waals surface area contributed by atoms with Crippen LogP contribution in [0.5, 0.6) is 0 Å². The van der Waals surface area contributed by atoms with E-state index in [2.05, 4.69) is 17.4 Å². The van der Waals surface area contributed by atoms with Gasteiger partial charge in [0.2, 0.25) is 0 Å². The lowest BCUT2D eigenvalue weighted by molar-refractivity contribution is 0.0734. The Morgan fingerprint density at radius 1 is 0.828 bits per heavy atom. The lowest BCUT2D eigenvalue weighted by Gasteiger charge is -2.29. The van der Waals surface area contributed by atoms with Crippen LogP contribution < -0.4 is 5.32 Å². The number of aryl methyl sites for hydroxylation is 2. The first-order chi connectivity index (χ1) is 14.0. The number of carbonyl (C=O) groups excluding carboxylic acids is 2. The number of hydrogen-bond donors (Lipinski definition) is 1. The molecule has 0 aliphatic carbocycles. The van der Waals surface area contributed by atoms with Crippen molar-refractivity contribution >= 4 is 17.5 Å². The Kier molecular flexibility index (Phi) is 5.17. The predicted octanol–water partition coefficient (Wildman–Crippen LogP) is 4.75. The maximum atomic E-state index is 13.0. The Morgan fingerprint density at radius 2 is 1.59 bits per heavy atom. The minimum atomic E-state index is -0.216. The highest BCUT2D eigenvalue weighted by Gasteiger charge is 2.22. The molecule has 0 atom stereocenters. The summed E-state index contributed by atoms with van der Waals surface area (Å²) in [6.45, 7) is 5.35. The second-order valence-electron chi connectivity index (χ2n) is 7.58. The van der Waals surface area contributed by atoms with E-state index in [1.54, 1.807) is 24.3 Å². The number of amides is 2. The van der Waals surface area contributed by atoms with Crippen molar-refractivity contribution in [3.63, 3.8) is 0 Å². The molecule has 146 valence electrons. The molecule has 1 aliphatic rings. The summed E-state index contributed by atoms with van der Waals surface area (Å²) in [7, 11) is 0. The van der Waals surface area contributed by atoms with E-state index in [0.29, 0.717) is 24.2 Å². The molecule has 29 heavy (non-hydrogen) atoms. The SMILES string of the molecule is Cc1ccc(NC(=O)c2cccc(C(=O)N3CCc4ccccc4C3)c2)cc1C. The fourth-order valence-electron chi connectivity index (χ4n) is 3.67. The Bertz CT molecular complexity index is 1090. The highest BCUT2D eigenvalue weighted by atomic mass is 16.2. The Balaban J connectivity index is 1.50. The van der Waals surface area contributed by atoms with Crippen LogP contribution in [-0.2, 0) is 13.0 Å². The molecule has 1 N–H and O–H groups in total. The summed E-state index contributed by atoms with van der Waals surface area (Å²) in [6.07, 6.45) is 0.856. The number of hydrogen-bond acceptors (Lipinski definition) is 2. The second kappa shape index (κ2) is 7.92. The van der Waals surface area contributed by atoms with Crippen LogP contribution in [0.4, 0.5) is 5.69 Å². The number of fused-ring (bicyclic) bond motifs is 1. The molecule has 0 spiro atoms. The summed E-state index contributed by atoms with van der Waals surface area (Å²) in [5, 5.41) is 2.92. The Hall–Kier alpha value is -3.40. The van der Waals surface area contributed by atoms with Gasteiger partial charge < -0.3 is 10.2 Å². The quantitative estimate of drug-likeness (QED) is 0.708. The average molecular weight is 384 g/mol. The Labute approximate surface area is 171 Å². The zero-order chi connectivity index (χ0) is 20.4. The van der Waals surface area contributed by atoms with Crippen LogP contribution in [0.1, 0.15) is 43.0 Å². The minimum Gasteiger partial charge on any atom is -0.334 e. The summed E-state index contributed by atoms with van der Waals surface area (Å²) in [6, 6.07) is 21.0. The average Bonchev–Trinajstić information content (AvgIpc) is 2.75.